The summed E-state index contributed by atoms with van der Waals surface area (Å²) in [5.74, 6) is -1.95. The molecule has 92 valence electrons. The summed E-state index contributed by atoms with van der Waals surface area (Å²) in [7, 11) is 0. The Morgan fingerprint density at radius 2 is 1.89 bits per heavy atom. The summed E-state index contributed by atoms with van der Waals surface area (Å²) in [5, 5.41) is 7.52. The van der Waals surface area contributed by atoms with E-state index in [1.165, 1.54) is 18.6 Å². The van der Waals surface area contributed by atoms with Crippen LogP contribution in [0.25, 0.3) is 0 Å². The van der Waals surface area contributed by atoms with Crippen LogP contribution >= 0.6 is 11.8 Å². The minimum atomic E-state index is -0.782. The topological polar surface area (TPSA) is 75.7 Å². The maximum Gasteiger partial charge on any atom is 0.140 e. The van der Waals surface area contributed by atoms with Crippen molar-refractivity contribution in [2.24, 2.45) is 5.73 Å². The Bertz CT molecular complexity index is 566. The van der Waals surface area contributed by atoms with Gasteiger partial charge in [-0.05, 0) is 12.1 Å². The predicted molar refractivity (Wildman–Crippen MR) is 63.5 cm³/mol. The zero-order chi connectivity index (χ0) is 13.1. The summed E-state index contributed by atoms with van der Waals surface area (Å²) >= 11 is 0.826. The van der Waals surface area contributed by atoms with Crippen LogP contribution in [0.5, 0.6) is 0 Å². The molecule has 0 radical (unpaired) electrons. The van der Waals surface area contributed by atoms with Gasteiger partial charge in [-0.25, -0.2) is 13.8 Å². The molecule has 0 atom stereocenters. The molecular formula is C11H8F2N4S. The Kier molecular flexibility index (Phi) is 3.52. The number of nitrogen functional groups attached to an aromatic ring is 1. The van der Waals surface area contributed by atoms with E-state index in [4.69, 9.17) is 11.1 Å². The number of nitrogens with zero attached hydrogens (tertiary/aromatic N) is 2. The maximum atomic E-state index is 13.7. The zero-order valence-corrected chi connectivity index (χ0v) is 9.84. The molecule has 4 nitrogen and oxygen atoms in total. The van der Waals surface area contributed by atoms with Crippen LogP contribution in [0.4, 0.5) is 8.78 Å². The van der Waals surface area contributed by atoms with Crippen molar-refractivity contribution in [1.29, 1.82) is 5.41 Å². The lowest BCUT2D eigenvalue weighted by Gasteiger charge is -2.06. The number of nitrogens with two attached hydrogens (primary N) is 1. The average Bonchev–Trinajstić information content (AvgIpc) is 2.34. The van der Waals surface area contributed by atoms with Gasteiger partial charge in [-0.2, -0.15) is 0 Å². The molecule has 2 rings (SSSR count). The van der Waals surface area contributed by atoms with Crippen LogP contribution < -0.4 is 5.73 Å². The second-order valence-corrected chi connectivity index (χ2v) is 4.36. The van der Waals surface area contributed by atoms with Crippen molar-refractivity contribution in [2.45, 2.75) is 9.92 Å². The first-order valence-corrected chi connectivity index (χ1v) is 5.67. The van der Waals surface area contributed by atoms with E-state index in [0.29, 0.717) is 5.03 Å². The quantitative estimate of drug-likeness (QED) is 0.659. The molecule has 0 spiro atoms. The van der Waals surface area contributed by atoms with Crippen molar-refractivity contribution in [3.63, 3.8) is 0 Å². The van der Waals surface area contributed by atoms with Crippen molar-refractivity contribution in [3.8, 4) is 0 Å². The van der Waals surface area contributed by atoms with E-state index in [1.54, 1.807) is 0 Å². The minimum Gasteiger partial charge on any atom is -0.384 e. The fraction of sp³-hybridized carbons (Fsp3) is 0. The number of aromatic nitrogens is 2. The molecule has 0 aliphatic rings. The van der Waals surface area contributed by atoms with Gasteiger partial charge in [0.25, 0.3) is 0 Å². The van der Waals surface area contributed by atoms with Crippen LogP contribution in [0.2, 0.25) is 0 Å². The van der Waals surface area contributed by atoms with Gasteiger partial charge in [0.05, 0.1) is 11.1 Å². The van der Waals surface area contributed by atoms with Gasteiger partial charge in [-0.3, -0.25) is 10.4 Å². The SMILES string of the molecule is N=C(N)c1cc(F)c(Sc2cnccn2)c(F)c1. The van der Waals surface area contributed by atoms with Gasteiger partial charge in [0.1, 0.15) is 22.5 Å². The molecule has 0 bridgehead atoms. The van der Waals surface area contributed by atoms with E-state index < -0.39 is 11.6 Å². The van der Waals surface area contributed by atoms with Crippen LogP contribution in [-0.2, 0) is 0 Å². The summed E-state index contributed by atoms with van der Waals surface area (Å²) in [6, 6.07) is 2.04. The summed E-state index contributed by atoms with van der Waals surface area (Å²) in [6.45, 7) is 0. The summed E-state index contributed by atoms with van der Waals surface area (Å²) in [6.07, 6.45) is 4.31. The molecule has 1 aromatic heterocycles. The molecule has 18 heavy (non-hydrogen) atoms. The van der Waals surface area contributed by atoms with Gasteiger partial charge in [0.2, 0.25) is 0 Å². The molecule has 0 aliphatic carbocycles. The van der Waals surface area contributed by atoms with Gasteiger partial charge in [0.15, 0.2) is 0 Å². The molecule has 3 N–H and O–H groups in total. The van der Waals surface area contributed by atoms with E-state index in [9.17, 15) is 8.78 Å². The number of benzene rings is 1. The zero-order valence-electron chi connectivity index (χ0n) is 9.02. The van der Waals surface area contributed by atoms with Gasteiger partial charge < -0.3 is 5.73 Å². The van der Waals surface area contributed by atoms with Gasteiger partial charge >= 0.3 is 0 Å². The monoisotopic (exact) mass is 266 g/mol. The van der Waals surface area contributed by atoms with Crippen molar-refractivity contribution < 1.29 is 8.78 Å². The third kappa shape index (κ3) is 2.62. The smallest absolute Gasteiger partial charge is 0.140 e. The highest BCUT2D eigenvalue weighted by molar-refractivity contribution is 7.99. The van der Waals surface area contributed by atoms with Crippen LogP contribution in [0.15, 0.2) is 40.6 Å². The Morgan fingerprint density at radius 3 is 2.39 bits per heavy atom. The van der Waals surface area contributed by atoms with Crippen LogP contribution in [0.3, 0.4) is 0 Å². The Hall–Kier alpha value is -2.02. The van der Waals surface area contributed by atoms with E-state index >= 15 is 0 Å². The van der Waals surface area contributed by atoms with Crippen molar-refractivity contribution >= 4 is 17.6 Å². The number of hydrogen-bond acceptors (Lipinski definition) is 4. The van der Waals surface area contributed by atoms with E-state index in [0.717, 1.165) is 23.9 Å². The summed E-state index contributed by atoms with van der Waals surface area (Å²) in [5.41, 5.74) is 5.18. The third-order valence-electron chi connectivity index (χ3n) is 2.06. The highest BCUT2D eigenvalue weighted by Gasteiger charge is 2.14. The highest BCUT2D eigenvalue weighted by atomic mass is 32.2. The Balaban J connectivity index is 2.37. The van der Waals surface area contributed by atoms with Crippen molar-refractivity contribution in [1.82, 2.24) is 9.97 Å². The van der Waals surface area contributed by atoms with E-state index in [-0.39, 0.29) is 16.3 Å². The Morgan fingerprint density at radius 1 is 1.22 bits per heavy atom. The summed E-state index contributed by atoms with van der Waals surface area (Å²) in [4.78, 5) is 7.52. The van der Waals surface area contributed by atoms with Crippen LogP contribution in [0.1, 0.15) is 5.56 Å². The van der Waals surface area contributed by atoms with Crippen molar-refractivity contribution in [2.75, 3.05) is 0 Å². The minimum absolute atomic E-state index is 0.00787. The van der Waals surface area contributed by atoms with Gasteiger partial charge in [0, 0.05) is 18.0 Å². The van der Waals surface area contributed by atoms with Crippen LogP contribution in [-0.4, -0.2) is 15.8 Å². The largest absolute Gasteiger partial charge is 0.384 e. The molecule has 0 amide bonds. The van der Waals surface area contributed by atoms with Gasteiger partial charge in [-0.15, -0.1) is 0 Å². The fourth-order valence-corrected chi connectivity index (χ4v) is 2.00. The summed E-state index contributed by atoms with van der Waals surface area (Å²) < 4.78 is 27.4. The first-order chi connectivity index (χ1) is 8.58. The first-order valence-electron chi connectivity index (χ1n) is 4.85. The second-order valence-electron chi connectivity index (χ2n) is 3.33. The van der Waals surface area contributed by atoms with Crippen molar-refractivity contribution in [3.05, 3.63) is 47.9 Å². The van der Waals surface area contributed by atoms with Gasteiger partial charge in [-0.1, -0.05) is 11.8 Å². The van der Waals surface area contributed by atoms with E-state index in [2.05, 4.69) is 9.97 Å². The number of amidine groups is 1. The lowest BCUT2D eigenvalue weighted by molar-refractivity contribution is 0.540. The lowest BCUT2D eigenvalue weighted by Crippen LogP contribution is -2.12. The van der Waals surface area contributed by atoms with Crippen LogP contribution in [0, 0.1) is 17.0 Å². The number of rotatable bonds is 3. The molecule has 0 fully saturated rings. The lowest BCUT2D eigenvalue weighted by atomic mass is 10.2. The Labute approximate surface area is 106 Å². The standard InChI is InChI=1S/C11H8F2N4S/c12-7-3-6(11(14)15)4-8(13)10(7)18-9-5-16-1-2-17-9/h1-5H,(H3,14,15). The molecule has 0 aliphatic heterocycles. The highest BCUT2D eigenvalue weighted by Crippen LogP contribution is 2.30. The number of halogens is 2. The molecule has 1 heterocycles. The average molecular weight is 266 g/mol. The molecule has 0 saturated heterocycles. The maximum absolute atomic E-state index is 13.7. The predicted octanol–water partition coefficient (Wildman–Crippen LogP) is 2.19. The second kappa shape index (κ2) is 5.09. The fourth-order valence-electron chi connectivity index (χ4n) is 1.26. The molecule has 7 heteroatoms. The molecule has 0 unspecified atom stereocenters. The number of nitrogens with one attached hydrogen (secondary N) is 1. The molecule has 1 aromatic carbocycles. The molecule has 2 aromatic rings. The first kappa shape index (κ1) is 12.4. The molecular weight excluding hydrogens is 258 g/mol. The third-order valence-corrected chi connectivity index (χ3v) is 3.07. The molecule has 0 saturated carbocycles. The normalized spacial score (nSPS) is 10.3. The number of hydrogen-bond donors (Lipinski definition) is 2. The van der Waals surface area contributed by atoms with E-state index in [1.807, 2.05) is 0 Å².